The van der Waals surface area contributed by atoms with Crippen molar-refractivity contribution in [2.45, 2.75) is 19.9 Å². The maximum Gasteiger partial charge on any atom is 0.172 e. The zero-order chi connectivity index (χ0) is 11.9. The van der Waals surface area contributed by atoms with Gasteiger partial charge in [0.25, 0.3) is 0 Å². The molecular formula is C11H13ClN4. The third-order valence-electron chi connectivity index (χ3n) is 2.39. The molecule has 0 saturated heterocycles. The lowest BCUT2D eigenvalue weighted by atomic mass is 10.2. The number of nitrogen functional groups attached to an aromatic ring is 1. The summed E-state index contributed by atoms with van der Waals surface area (Å²) < 4.78 is 1.84. The first-order chi connectivity index (χ1) is 7.54. The molecule has 2 aromatic heterocycles. The Kier molecular flexibility index (Phi) is 2.59. The average molecular weight is 237 g/mol. The number of hydrogen-bond acceptors (Lipinski definition) is 3. The van der Waals surface area contributed by atoms with E-state index in [1.165, 1.54) is 0 Å². The van der Waals surface area contributed by atoms with Crippen LogP contribution >= 0.6 is 11.6 Å². The van der Waals surface area contributed by atoms with Crippen LogP contribution in [-0.2, 0) is 0 Å². The molecule has 2 N–H and O–H groups in total. The molecule has 2 heterocycles. The van der Waals surface area contributed by atoms with Gasteiger partial charge in [-0.3, -0.25) is 4.68 Å². The molecular weight excluding hydrogens is 224 g/mol. The minimum atomic E-state index is 0.210. The highest BCUT2D eigenvalue weighted by Crippen LogP contribution is 2.27. The van der Waals surface area contributed by atoms with E-state index in [1.807, 2.05) is 18.5 Å². The minimum absolute atomic E-state index is 0.210. The summed E-state index contributed by atoms with van der Waals surface area (Å²) in [6.07, 6.45) is 1.73. The van der Waals surface area contributed by atoms with Crippen molar-refractivity contribution < 1.29 is 0 Å². The van der Waals surface area contributed by atoms with Gasteiger partial charge in [0.2, 0.25) is 0 Å². The summed E-state index contributed by atoms with van der Waals surface area (Å²) >= 11 is 5.91. The molecule has 0 fully saturated rings. The van der Waals surface area contributed by atoms with Crippen molar-refractivity contribution in [3.63, 3.8) is 0 Å². The largest absolute Gasteiger partial charge is 0.380 e. The van der Waals surface area contributed by atoms with Crippen LogP contribution < -0.4 is 5.73 Å². The molecule has 2 rings (SSSR count). The maximum absolute atomic E-state index is 5.91. The van der Waals surface area contributed by atoms with E-state index in [0.717, 1.165) is 11.1 Å². The van der Waals surface area contributed by atoms with Crippen LogP contribution in [0.15, 0.2) is 12.6 Å². The van der Waals surface area contributed by atoms with Gasteiger partial charge in [0, 0.05) is 11.6 Å². The fraction of sp³-hybridized carbons (Fsp3) is 0.273. The molecule has 0 amide bonds. The molecule has 0 aromatic carbocycles. The summed E-state index contributed by atoms with van der Waals surface area (Å²) in [5, 5.41) is 4.66. The Morgan fingerprint density at radius 2 is 2.25 bits per heavy atom. The standard InChI is InChI=1S/C11H13ClN4/c1-4-7-5-8(12)14-9-10(7)16(6(2)3)15-11(9)13/h4-6H,1H2,2-3H3,(H2,13,15). The lowest BCUT2D eigenvalue weighted by Gasteiger charge is -2.08. The van der Waals surface area contributed by atoms with Gasteiger partial charge >= 0.3 is 0 Å². The SMILES string of the molecule is C=Cc1cc(Cl)nc2c(N)nn(C(C)C)c12. The quantitative estimate of drug-likeness (QED) is 0.816. The van der Waals surface area contributed by atoms with Crippen molar-refractivity contribution in [1.82, 2.24) is 14.8 Å². The van der Waals surface area contributed by atoms with E-state index in [9.17, 15) is 0 Å². The first kappa shape index (κ1) is 11.0. The van der Waals surface area contributed by atoms with Crippen molar-refractivity contribution >= 4 is 34.5 Å². The van der Waals surface area contributed by atoms with Crippen LogP contribution in [0.25, 0.3) is 17.1 Å². The highest BCUT2D eigenvalue weighted by Gasteiger charge is 2.15. The lowest BCUT2D eigenvalue weighted by molar-refractivity contribution is 0.553. The highest BCUT2D eigenvalue weighted by atomic mass is 35.5. The third kappa shape index (κ3) is 1.55. The molecule has 0 saturated carbocycles. The van der Waals surface area contributed by atoms with Crippen LogP contribution in [0.4, 0.5) is 5.82 Å². The molecule has 0 aliphatic carbocycles. The summed E-state index contributed by atoms with van der Waals surface area (Å²) in [5.74, 6) is 0.397. The first-order valence-electron chi connectivity index (χ1n) is 5.01. The number of aromatic nitrogens is 3. The van der Waals surface area contributed by atoms with Gasteiger partial charge in [-0.1, -0.05) is 24.3 Å². The average Bonchev–Trinajstić information content (AvgIpc) is 2.55. The van der Waals surface area contributed by atoms with Crippen LogP contribution in [0.2, 0.25) is 5.15 Å². The van der Waals surface area contributed by atoms with Crippen LogP contribution in [-0.4, -0.2) is 14.8 Å². The normalized spacial score (nSPS) is 11.2. The second kappa shape index (κ2) is 3.79. The highest BCUT2D eigenvalue weighted by molar-refractivity contribution is 6.30. The van der Waals surface area contributed by atoms with Crippen LogP contribution in [0, 0.1) is 0 Å². The van der Waals surface area contributed by atoms with Crippen molar-refractivity contribution in [2.24, 2.45) is 0 Å². The fourth-order valence-corrected chi connectivity index (χ4v) is 1.89. The number of halogens is 1. The molecule has 0 atom stereocenters. The van der Waals surface area contributed by atoms with Crippen LogP contribution in [0.3, 0.4) is 0 Å². The summed E-state index contributed by atoms with van der Waals surface area (Å²) in [6, 6.07) is 1.97. The van der Waals surface area contributed by atoms with E-state index in [1.54, 1.807) is 12.1 Å². The molecule has 0 spiro atoms. The van der Waals surface area contributed by atoms with Crippen molar-refractivity contribution in [2.75, 3.05) is 5.73 Å². The van der Waals surface area contributed by atoms with E-state index in [2.05, 4.69) is 16.7 Å². The van der Waals surface area contributed by atoms with E-state index in [4.69, 9.17) is 17.3 Å². The van der Waals surface area contributed by atoms with Gasteiger partial charge in [-0.15, -0.1) is 0 Å². The smallest absolute Gasteiger partial charge is 0.172 e. The van der Waals surface area contributed by atoms with Gasteiger partial charge in [0.15, 0.2) is 5.82 Å². The molecule has 0 aliphatic heterocycles. The zero-order valence-corrected chi connectivity index (χ0v) is 9.99. The fourth-order valence-electron chi connectivity index (χ4n) is 1.69. The second-order valence-electron chi connectivity index (χ2n) is 3.86. The van der Waals surface area contributed by atoms with Gasteiger partial charge < -0.3 is 5.73 Å². The molecule has 0 radical (unpaired) electrons. The number of anilines is 1. The predicted molar refractivity (Wildman–Crippen MR) is 67.4 cm³/mol. The molecule has 16 heavy (non-hydrogen) atoms. The molecule has 2 aromatic rings. The number of nitrogens with zero attached hydrogens (tertiary/aromatic N) is 3. The molecule has 84 valence electrons. The lowest BCUT2D eigenvalue weighted by Crippen LogP contribution is -2.04. The summed E-state index contributed by atoms with van der Waals surface area (Å²) in [5.41, 5.74) is 8.23. The molecule has 0 aliphatic rings. The topological polar surface area (TPSA) is 56.7 Å². The summed E-state index contributed by atoms with van der Waals surface area (Å²) in [7, 11) is 0. The van der Waals surface area contributed by atoms with E-state index in [0.29, 0.717) is 16.5 Å². The van der Waals surface area contributed by atoms with E-state index >= 15 is 0 Å². The first-order valence-corrected chi connectivity index (χ1v) is 5.39. The minimum Gasteiger partial charge on any atom is -0.380 e. The molecule has 0 bridgehead atoms. The van der Waals surface area contributed by atoms with Gasteiger partial charge in [-0.2, -0.15) is 5.10 Å². The van der Waals surface area contributed by atoms with Crippen molar-refractivity contribution in [1.29, 1.82) is 0 Å². The molecule has 4 nitrogen and oxygen atoms in total. The Hall–Kier alpha value is -1.55. The van der Waals surface area contributed by atoms with Gasteiger partial charge in [0.1, 0.15) is 10.7 Å². The number of rotatable bonds is 2. The monoisotopic (exact) mass is 236 g/mol. The van der Waals surface area contributed by atoms with Crippen molar-refractivity contribution in [3.05, 3.63) is 23.4 Å². The number of pyridine rings is 1. The Bertz CT molecular complexity index is 557. The second-order valence-corrected chi connectivity index (χ2v) is 4.25. The summed E-state index contributed by atoms with van der Waals surface area (Å²) in [4.78, 5) is 4.20. The molecule has 5 heteroatoms. The Labute approximate surface area is 98.7 Å². The number of nitrogens with two attached hydrogens (primary N) is 1. The summed E-state index contributed by atoms with van der Waals surface area (Å²) in [6.45, 7) is 7.83. The van der Waals surface area contributed by atoms with Gasteiger partial charge in [-0.25, -0.2) is 4.98 Å². The van der Waals surface area contributed by atoms with Gasteiger partial charge in [0.05, 0.1) is 5.52 Å². The van der Waals surface area contributed by atoms with E-state index in [-0.39, 0.29) is 6.04 Å². The Balaban J connectivity index is 2.91. The molecule has 0 unspecified atom stereocenters. The van der Waals surface area contributed by atoms with Crippen LogP contribution in [0.1, 0.15) is 25.5 Å². The van der Waals surface area contributed by atoms with Gasteiger partial charge in [-0.05, 0) is 19.9 Å². The number of hydrogen-bond donors (Lipinski definition) is 1. The number of fused-ring (bicyclic) bond motifs is 1. The maximum atomic E-state index is 5.91. The van der Waals surface area contributed by atoms with E-state index < -0.39 is 0 Å². The zero-order valence-electron chi connectivity index (χ0n) is 9.24. The van der Waals surface area contributed by atoms with Crippen LogP contribution in [0.5, 0.6) is 0 Å². The predicted octanol–water partition coefficient (Wildman–Crippen LogP) is 2.89. The Morgan fingerprint density at radius 1 is 1.56 bits per heavy atom. The van der Waals surface area contributed by atoms with Crippen molar-refractivity contribution in [3.8, 4) is 0 Å². The Morgan fingerprint density at radius 3 is 2.81 bits per heavy atom. The third-order valence-corrected chi connectivity index (χ3v) is 2.58.